The van der Waals surface area contributed by atoms with Crippen LogP contribution in [0.3, 0.4) is 0 Å². The number of aryl methyl sites for hydroxylation is 1. The van der Waals surface area contributed by atoms with E-state index in [0.29, 0.717) is 30.9 Å². The fourth-order valence-electron chi connectivity index (χ4n) is 5.45. The van der Waals surface area contributed by atoms with Gasteiger partial charge in [0.1, 0.15) is 11.5 Å². The van der Waals surface area contributed by atoms with Crippen molar-refractivity contribution in [1.29, 1.82) is 0 Å². The smallest absolute Gasteiger partial charge is 0.168 e. The fraction of sp³-hybridized carbons (Fsp3) is 0.414. The van der Waals surface area contributed by atoms with Crippen LogP contribution in [0.25, 0.3) is 21.9 Å². The Hall–Kier alpha value is -2.35. The molecule has 2 heterocycles. The molecule has 0 aliphatic carbocycles. The van der Waals surface area contributed by atoms with Crippen LogP contribution in [0, 0.1) is 5.92 Å². The number of methoxy groups -OCH3 is 1. The predicted octanol–water partition coefficient (Wildman–Crippen LogP) is 6.90. The Labute approximate surface area is 220 Å². The first kappa shape index (κ1) is 25.3. The number of ether oxygens (including phenoxy) is 2. The molecule has 0 amide bonds. The number of benzene rings is 3. The number of carbonyl (C=O) groups excluding carboxylic acids is 1. The second-order valence-corrected chi connectivity index (χ2v) is 12.2. The highest BCUT2D eigenvalue weighted by Crippen LogP contribution is 2.45. The second kappa shape index (κ2) is 11.4. The summed E-state index contributed by atoms with van der Waals surface area (Å²) in [5.41, 5.74) is 3.84. The first-order valence-electron chi connectivity index (χ1n) is 12.5. The Morgan fingerprint density at radius 3 is 2.75 bits per heavy atom. The number of carbonyl (C=O) groups is 1. The number of rotatable bonds is 1. The van der Waals surface area contributed by atoms with E-state index in [-0.39, 0.29) is 23.4 Å². The summed E-state index contributed by atoms with van der Waals surface area (Å²) in [5.74, 6) is 3.31. The maximum atomic E-state index is 13.0. The van der Waals surface area contributed by atoms with Crippen LogP contribution in [0.2, 0.25) is 0 Å². The van der Waals surface area contributed by atoms with Gasteiger partial charge in [0, 0.05) is 36.5 Å². The molecule has 0 radical (unpaired) electrons. The Kier molecular flexibility index (Phi) is 7.99. The highest BCUT2D eigenvalue weighted by atomic mass is 33.1. The zero-order valence-electron chi connectivity index (χ0n) is 20.5. The van der Waals surface area contributed by atoms with Gasteiger partial charge >= 0.3 is 0 Å². The summed E-state index contributed by atoms with van der Waals surface area (Å²) < 4.78 is 11.6. The zero-order chi connectivity index (χ0) is 25.1. The maximum absolute atomic E-state index is 13.0. The Balaban J connectivity index is 1.61. The highest BCUT2D eigenvalue weighted by molar-refractivity contribution is 8.76. The molecule has 3 aromatic carbocycles. The summed E-state index contributed by atoms with van der Waals surface area (Å²) in [5, 5.41) is 23.0. The minimum atomic E-state index is 0.0235. The fourth-order valence-corrected chi connectivity index (χ4v) is 7.76. The molecule has 36 heavy (non-hydrogen) atoms. The Morgan fingerprint density at radius 1 is 1.03 bits per heavy atom. The largest absolute Gasteiger partial charge is 0.508 e. The molecule has 0 saturated carbocycles. The van der Waals surface area contributed by atoms with Crippen molar-refractivity contribution >= 4 is 38.1 Å². The number of phenolic OH excluding ortho intramolecular Hbond substituents is 2. The van der Waals surface area contributed by atoms with Crippen LogP contribution in [-0.2, 0) is 21.7 Å². The van der Waals surface area contributed by atoms with E-state index in [9.17, 15) is 15.0 Å². The predicted molar refractivity (Wildman–Crippen MR) is 148 cm³/mol. The van der Waals surface area contributed by atoms with E-state index in [1.807, 2.05) is 45.9 Å². The molecule has 2 aliphatic heterocycles. The van der Waals surface area contributed by atoms with Crippen molar-refractivity contribution in [2.75, 3.05) is 19.5 Å². The molecule has 0 spiro atoms. The van der Waals surface area contributed by atoms with E-state index in [1.165, 1.54) is 0 Å². The van der Waals surface area contributed by atoms with Gasteiger partial charge in [-0.1, -0.05) is 45.9 Å². The summed E-state index contributed by atoms with van der Waals surface area (Å²) >= 11 is 0. The first-order chi connectivity index (χ1) is 17.5. The molecule has 7 heteroatoms. The Morgan fingerprint density at radius 2 is 1.89 bits per heavy atom. The molecule has 2 atom stereocenters. The molecule has 2 aliphatic rings. The highest BCUT2D eigenvalue weighted by Gasteiger charge is 2.26. The molecule has 1 fully saturated rings. The average Bonchev–Trinajstić information content (AvgIpc) is 2.87. The van der Waals surface area contributed by atoms with Crippen molar-refractivity contribution in [3.8, 4) is 28.4 Å². The van der Waals surface area contributed by atoms with E-state index in [0.717, 1.165) is 70.4 Å². The number of ketones is 1. The molecule has 190 valence electrons. The second-order valence-electron chi connectivity index (χ2n) is 9.65. The normalized spacial score (nSPS) is 21.5. The third-order valence-electron chi connectivity index (χ3n) is 7.31. The molecule has 0 aromatic heterocycles. The SMILES string of the molecule is COc1c(O)ccc2c1-c1ccc3ccc(O)cc3c1CSSCCC1CCOC(CC(=O)CC2)C1. The summed E-state index contributed by atoms with van der Waals surface area (Å²) in [6.45, 7) is 0.739. The van der Waals surface area contributed by atoms with Crippen LogP contribution in [0.4, 0.5) is 0 Å². The third-order valence-corrected chi connectivity index (χ3v) is 9.64. The van der Waals surface area contributed by atoms with Crippen molar-refractivity contribution in [3.05, 3.63) is 53.6 Å². The van der Waals surface area contributed by atoms with Gasteiger partial charge in [-0.25, -0.2) is 0 Å². The van der Waals surface area contributed by atoms with E-state index < -0.39 is 0 Å². The van der Waals surface area contributed by atoms with Gasteiger partial charge in [0.25, 0.3) is 0 Å². The van der Waals surface area contributed by atoms with Gasteiger partial charge in [-0.05, 0) is 77.3 Å². The van der Waals surface area contributed by atoms with Gasteiger partial charge in [0.2, 0.25) is 0 Å². The molecule has 2 bridgehead atoms. The van der Waals surface area contributed by atoms with Crippen LogP contribution in [0.1, 0.15) is 43.2 Å². The standard InChI is InChI=1S/C29H32O5S2/c1-33-29-27(32)9-5-20-3-7-21(30)15-23-14-18(10-12-34-23)11-13-35-36-17-26-24(28(20)29)8-4-19-2-6-22(31)16-25(19)26/h2,4-6,8-9,16,18,23,31-32H,3,7,10-15,17H2,1H3. The van der Waals surface area contributed by atoms with Crippen LogP contribution >= 0.6 is 21.6 Å². The number of hydrogen-bond donors (Lipinski definition) is 2. The molecular weight excluding hydrogens is 492 g/mol. The molecular formula is C29H32O5S2. The summed E-state index contributed by atoms with van der Waals surface area (Å²) in [7, 11) is 5.26. The average molecular weight is 525 g/mol. The number of aromatic hydroxyl groups is 2. The Bertz CT molecular complexity index is 1260. The van der Waals surface area contributed by atoms with Gasteiger partial charge in [0.05, 0.1) is 13.2 Å². The van der Waals surface area contributed by atoms with Crippen LogP contribution in [-0.4, -0.2) is 41.6 Å². The zero-order valence-corrected chi connectivity index (χ0v) is 22.1. The van der Waals surface area contributed by atoms with Crippen LogP contribution in [0.15, 0.2) is 42.5 Å². The quantitative estimate of drug-likeness (QED) is 0.335. The third kappa shape index (κ3) is 5.48. The molecule has 1 saturated heterocycles. The molecule has 5 nitrogen and oxygen atoms in total. The van der Waals surface area contributed by atoms with Crippen LogP contribution < -0.4 is 4.74 Å². The summed E-state index contributed by atoms with van der Waals surface area (Å²) in [4.78, 5) is 13.0. The van der Waals surface area contributed by atoms with Crippen molar-refractivity contribution in [3.63, 3.8) is 0 Å². The number of phenols is 2. The van der Waals surface area contributed by atoms with E-state index in [4.69, 9.17) is 9.47 Å². The minimum absolute atomic E-state index is 0.0235. The van der Waals surface area contributed by atoms with Crippen molar-refractivity contribution in [2.45, 2.75) is 50.4 Å². The molecule has 5 rings (SSSR count). The monoisotopic (exact) mass is 524 g/mol. The number of hydrogen-bond acceptors (Lipinski definition) is 7. The van der Waals surface area contributed by atoms with Crippen molar-refractivity contribution < 1.29 is 24.5 Å². The van der Waals surface area contributed by atoms with Crippen LogP contribution in [0.5, 0.6) is 17.2 Å². The number of fused-ring (bicyclic) bond motifs is 7. The molecule has 2 N–H and O–H groups in total. The van der Waals surface area contributed by atoms with Gasteiger partial charge < -0.3 is 19.7 Å². The minimum Gasteiger partial charge on any atom is -0.508 e. The lowest BCUT2D eigenvalue weighted by Crippen LogP contribution is -2.28. The van der Waals surface area contributed by atoms with Crippen molar-refractivity contribution in [1.82, 2.24) is 0 Å². The van der Waals surface area contributed by atoms with E-state index in [1.54, 1.807) is 19.2 Å². The number of Topliss-reactive ketones (excluding diaryl/α,β-unsaturated/α-hetero) is 1. The van der Waals surface area contributed by atoms with Gasteiger partial charge in [0.15, 0.2) is 11.5 Å². The summed E-state index contributed by atoms with van der Waals surface area (Å²) in [6, 6.07) is 13.1. The lowest BCUT2D eigenvalue weighted by atomic mass is 9.88. The first-order valence-corrected chi connectivity index (χ1v) is 15.0. The van der Waals surface area contributed by atoms with Gasteiger partial charge in [-0.3, -0.25) is 4.79 Å². The lowest BCUT2D eigenvalue weighted by molar-refractivity contribution is -0.123. The molecule has 3 aromatic rings. The van der Waals surface area contributed by atoms with E-state index >= 15 is 0 Å². The maximum Gasteiger partial charge on any atom is 0.168 e. The van der Waals surface area contributed by atoms with Gasteiger partial charge in [-0.2, -0.15) is 0 Å². The summed E-state index contributed by atoms with van der Waals surface area (Å²) in [6.07, 6.45) is 4.61. The van der Waals surface area contributed by atoms with Crippen molar-refractivity contribution in [2.24, 2.45) is 5.92 Å². The molecule has 2 unspecified atom stereocenters. The van der Waals surface area contributed by atoms with Gasteiger partial charge in [-0.15, -0.1) is 0 Å². The topological polar surface area (TPSA) is 76.0 Å². The van der Waals surface area contributed by atoms with E-state index in [2.05, 4.69) is 6.07 Å². The lowest BCUT2D eigenvalue weighted by Gasteiger charge is -2.29.